The molecule has 0 N–H and O–H groups in total. The second-order valence-corrected chi connectivity index (χ2v) is 6.00. The molecule has 0 spiro atoms. The first-order chi connectivity index (χ1) is 11.7. The van der Waals surface area contributed by atoms with Gasteiger partial charge in [0.1, 0.15) is 17.7 Å². The van der Waals surface area contributed by atoms with Gasteiger partial charge >= 0.3 is 5.97 Å². The summed E-state index contributed by atoms with van der Waals surface area (Å²) in [7, 11) is 1.35. The van der Waals surface area contributed by atoms with Crippen LogP contribution < -0.4 is 0 Å². The SMILES string of the molecule is COC(=O)c1cn2ccccc2c1-c1ccc(C=C(C#N)C#N)s1. The molecule has 3 aromatic heterocycles. The molecule has 0 radical (unpaired) electrons. The number of pyridine rings is 1. The Balaban J connectivity index is 2.18. The van der Waals surface area contributed by atoms with Gasteiger partial charge in [0.05, 0.1) is 18.2 Å². The molecule has 5 nitrogen and oxygen atoms in total. The van der Waals surface area contributed by atoms with Gasteiger partial charge in [-0.1, -0.05) is 6.07 Å². The molecule has 6 heteroatoms. The van der Waals surface area contributed by atoms with Crippen LogP contribution in [0.5, 0.6) is 0 Å². The average molecular weight is 333 g/mol. The van der Waals surface area contributed by atoms with Gasteiger partial charge in [0.15, 0.2) is 0 Å². The fourth-order valence-corrected chi connectivity index (χ4v) is 3.46. The molecule has 0 unspecified atom stereocenters. The third-order valence-electron chi connectivity index (χ3n) is 3.49. The van der Waals surface area contributed by atoms with E-state index in [0.29, 0.717) is 5.56 Å². The quantitative estimate of drug-likeness (QED) is 0.538. The average Bonchev–Trinajstić information content (AvgIpc) is 3.22. The van der Waals surface area contributed by atoms with Crippen molar-refractivity contribution in [3.05, 3.63) is 58.7 Å². The maximum absolute atomic E-state index is 12.1. The molecule has 116 valence electrons. The minimum absolute atomic E-state index is 0.0401. The zero-order chi connectivity index (χ0) is 17.1. The third-order valence-corrected chi connectivity index (χ3v) is 4.54. The summed E-state index contributed by atoms with van der Waals surface area (Å²) in [6, 6.07) is 13.1. The molecule has 0 saturated carbocycles. The predicted octanol–water partition coefficient (Wildman–Crippen LogP) is 3.88. The molecule has 0 aromatic carbocycles. The molecule has 0 aliphatic heterocycles. The molecule has 0 aliphatic rings. The Bertz CT molecular complexity index is 1030. The van der Waals surface area contributed by atoms with Crippen molar-refractivity contribution in [1.82, 2.24) is 4.40 Å². The van der Waals surface area contributed by atoms with Crippen LogP contribution in [0.15, 0.2) is 48.3 Å². The van der Waals surface area contributed by atoms with Crippen LogP contribution in [0.2, 0.25) is 0 Å². The van der Waals surface area contributed by atoms with Crippen LogP contribution in [0.1, 0.15) is 15.2 Å². The monoisotopic (exact) mass is 333 g/mol. The molecule has 0 aliphatic carbocycles. The summed E-state index contributed by atoms with van der Waals surface area (Å²) >= 11 is 1.41. The van der Waals surface area contributed by atoms with Gasteiger partial charge < -0.3 is 9.14 Å². The van der Waals surface area contributed by atoms with E-state index in [9.17, 15) is 4.79 Å². The highest BCUT2D eigenvalue weighted by molar-refractivity contribution is 7.16. The van der Waals surface area contributed by atoms with Crippen LogP contribution in [-0.4, -0.2) is 17.5 Å². The van der Waals surface area contributed by atoms with Gasteiger partial charge in [-0.3, -0.25) is 0 Å². The van der Waals surface area contributed by atoms with Crippen LogP contribution in [0.3, 0.4) is 0 Å². The number of carbonyl (C=O) groups excluding carboxylic acids is 1. The fraction of sp³-hybridized carbons (Fsp3) is 0.0556. The van der Waals surface area contributed by atoms with Crippen molar-refractivity contribution >= 4 is 28.9 Å². The highest BCUT2D eigenvalue weighted by Crippen LogP contribution is 2.36. The Morgan fingerprint density at radius 3 is 2.75 bits per heavy atom. The number of fused-ring (bicyclic) bond motifs is 1. The van der Waals surface area contributed by atoms with Crippen molar-refractivity contribution in [1.29, 1.82) is 10.5 Å². The van der Waals surface area contributed by atoms with Gasteiger partial charge in [0.2, 0.25) is 0 Å². The number of allylic oxidation sites excluding steroid dienone is 1. The molecule has 0 saturated heterocycles. The summed E-state index contributed by atoms with van der Waals surface area (Å²) in [5, 5.41) is 17.7. The van der Waals surface area contributed by atoms with E-state index in [-0.39, 0.29) is 5.57 Å². The number of methoxy groups -OCH3 is 1. The fourth-order valence-electron chi connectivity index (χ4n) is 2.44. The Hall–Kier alpha value is -3.35. The van der Waals surface area contributed by atoms with E-state index in [1.165, 1.54) is 24.5 Å². The normalized spacial score (nSPS) is 9.96. The van der Waals surface area contributed by atoms with Crippen molar-refractivity contribution in [2.24, 2.45) is 0 Å². The molecule has 0 amide bonds. The molecule has 0 bridgehead atoms. The molecule has 0 atom stereocenters. The predicted molar refractivity (Wildman–Crippen MR) is 91.3 cm³/mol. The van der Waals surface area contributed by atoms with E-state index < -0.39 is 5.97 Å². The van der Waals surface area contributed by atoms with Crippen LogP contribution in [0.25, 0.3) is 22.0 Å². The van der Waals surface area contributed by atoms with Gasteiger partial charge in [-0.05, 0) is 30.3 Å². The Labute approximate surface area is 142 Å². The van der Waals surface area contributed by atoms with Gasteiger partial charge in [0, 0.05) is 27.7 Å². The summed E-state index contributed by atoms with van der Waals surface area (Å²) < 4.78 is 6.76. The zero-order valence-electron chi connectivity index (χ0n) is 12.7. The Morgan fingerprint density at radius 1 is 1.25 bits per heavy atom. The number of hydrogen-bond donors (Lipinski definition) is 0. The number of thiophene rings is 1. The van der Waals surface area contributed by atoms with Crippen molar-refractivity contribution < 1.29 is 9.53 Å². The smallest absolute Gasteiger partial charge is 0.340 e. The van der Waals surface area contributed by atoms with Crippen LogP contribution in [0.4, 0.5) is 0 Å². The number of ether oxygens (including phenoxy) is 1. The lowest BCUT2D eigenvalue weighted by Crippen LogP contribution is -2.00. The van der Waals surface area contributed by atoms with E-state index in [1.54, 1.807) is 6.20 Å². The van der Waals surface area contributed by atoms with Crippen LogP contribution in [0, 0.1) is 22.7 Å². The Kier molecular flexibility index (Phi) is 4.15. The highest BCUT2D eigenvalue weighted by Gasteiger charge is 2.20. The topological polar surface area (TPSA) is 78.3 Å². The molecular formula is C18H11N3O2S. The summed E-state index contributed by atoms with van der Waals surface area (Å²) in [6.45, 7) is 0. The first-order valence-corrected chi connectivity index (χ1v) is 7.79. The number of carbonyl (C=O) groups is 1. The highest BCUT2D eigenvalue weighted by atomic mass is 32.1. The number of esters is 1. The standard InChI is InChI=1S/C18H11N3O2S/c1-23-18(22)14-11-21-7-3-2-4-15(21)17(14)16-6-5-13(24-16)8-12(9-19)10-20/h2-8,11H,1H3. The minimum atomic E-state index is -0.408. The molecular weight excluding hydrogens is 322 g/mol. The molecule has 24 heavy (non-hydrogen) atoms. The van der Waals surface area contributed by atoms with E-state index in [2.05, 4.69) is 0 Å². The first-order valence-electron chi connectivity index (χ1n) is 6.98. The van der Waals surface area contributed by atoms with Crippen molar-refractivity contribution in [3.63, 3.8) is 0 Å². The van der Waals surface area contributed by atoms with E-state index in [4.69, 9.17) is 15.3 Å². The third kappa shape index (κ3) is 2.67. The summed E-state index contributed by atoms with van der Waals surface area (Å²) in [6.07, 6.45) is 5.13. The zero-order valence-corrected chi connectivity index (χ0v) is 13.5. The number of rotatable bonds is 3. The second-order valence-electron chi connectivity index (χ2n) is 4.89. The van der Waals surface area contributed by atoms with Gasteiger partial charge in [-0.2, -0.15) is 10.5 Å². The number of aromatic nitrogens is 1. The molecule has 3 aromatic rings. The Morgan fingerprint density at radius 2 is 2.04 bits per heavy atom. The first kappa shape index (κ1) is 15.5. The summed E-state index contributed by atoms with van der Waals surface area (Å²) in [5.74, 6) is -0.408. The summed E-state index contributed by atoms with van der Waals surface area (Å²) in [5.41, 5.74) is 2.18. The van der Waals surface area contributed by atoms with Crippen molar-refractivity contribution in [2.45, 2.75) is 0 Å². The van der Waals surface area contributed by atoms with Gasteiger partial charge in [0.25, 0.3) is 0 Å². The van der Waals surface area contributed by atoms with Crippen molar-refractivity contribution in [2.75, 3.05) is 7.11 Å². The number of hydrogen-bond acceptors (Lipinski definition) is 5. The largest absolute Gasteiger partial charge is 0.465 e. The second kappa shape index (κ2) is 6.41. The van der Waals surface area contributed by atoms with E-state index >= 15 is 0 Å². The number of nitriles is 2. The summed E-state index contributed by atoms with van der Waals surface area (Å²) in [4.78, 5) is 13.8. The van der Waals surface area contributed by atoms with Gasteiger partial charge in [-0.15, -0.1) is 11.3 Å². The lowest BCUT2D eigenvalue weighted by atomic mass is 10.1. The minimum Gasteiger partial charge on any atom is -0.465 e. The molecule has 3 rings (SSSR count). The lowest BCUT2D eigenvalue weighted by molar-refractivity contribution is 0.0602. The number of nitrogens with zero attached hydrogens (tertiary/aromatic N) is 3. The maximum atomic E-state index is 12.1. The lowest BCUT2D eigenvalue weighted by Gasteiger charge is -2.00. The van der Waals surface area contributed by atoms with E-state index in [0.717, 1.165) is 20.8 Å². The van der Waals surface area contributed by atoms with Crippen LogP contribution >= 0.6 is 11.3 Å². The van der Waals surface area contributed by atoms with E-state index in [1.807, 2.05) is 53.1 Å². The molecule has 0 fully saturated rings. The van der Waals surface area contributed by atoms with Crippen molar-refractivity contribution in [3.8, 4) is 22.6 Å². The van der Waals surface area contributed by atoms with Gasteiger partial charge in [-0.25, -0.2) is 4.79 Å². The molecule has 3 heterocycles. The maximum Gasteiger partial charge on any atom is 0.340 e. The van der Waals surface area contributed by atoms with Crippen LogP contribution in [-0.2, 0) is 4.74 Å².